The van der Waals surface area contributed by atoms with Gasteiger partial charge in [0.15, 0.2) is 0 Å². The maximum Gasteiger partial charge on any atom is 0.0812 e. The van der Waals surface area contributed by atoms with Gasteiger partial charge in [-0.2, -0.15) is 0 Å². The van der Waals surface area contributed by atoms with Gasteiger partial charge >= 0.3 is 0 Å². The minimum absolute atomic E-state index is 0.952. The molecule has 0 amide bonds. The van der Waals surface area contributed by atoms with Crippen molar-refractivity contribution in [1.82, 2.24) is 4.98 Å². The molecule has 0 unspecified atom stereocenters. The second-order valence-electron chi connectivity index (χ2n) is 6.34. The van der Waals surface area contributed by atoms with Gasteiger partial charge in [0.05, 0.1) is 21.4 Å². The van der Waals surface area contributed by atoms with Crippen molar-refractivity contribution in [2.45, 2.75) is 6.42 Å². The van der Waals surface area contributed by atoms with Gasteiger partial charge in [-0.1, -0.05) is 12.1 Å². The highest BCUT2D eigenvalue weighted by atomic mass is 32.1. The lowest BCUT2D eigenvalue weighted by molar-refractivity contribution is 1.42. The van der Waals surface area contributed by atoms with E-state index in [0.717, 1.165) is 17.6 Å². The molecule has 4 heterocycles. The predicted octanol–water partition coefficient (Wildman–Crippen LogP) is 7.16. The monoisotopic (exact) mass is 388 g/mol. The van der Waals surface area contributed by atoms with Gasteiger partial charge in [-0.3, -0.25) is 4.99 Å². The van der Waals surface area contributed by atoms with Crippen LogP contribution < -0.4 is 0 Å². The van der Waals surface area contributed by atoms with E-state index in [2.05, 4.69) is 58.5 Å². The largest absolute Gasteiger partial charge is 0.261 e. The number of fused-ring (bicyclic) bond motifs is 3. The summed E-state index contributed by atoms with van der Waals surface area (Å²) in [6.45, 7) is 0. The Morgan fingerprint density at radius 2 is 1.54 bits per heavy atom. The van der Waals surface area contributed by atoms with Gasteiger partial charge in [-0.25, -0.2) is 4.98 Å². The molecule has 2 aromatic carbocycles. The zero-order valence-corrected chi connectivity index (χ0v) is 16.0. The number of benzene rings is 2. The Labute approximate surface area is 162 Å². The number of hydrogen-bond acceptors (Lipinski definition) is 5. The van der Waals surface area contributed by atoms with Gasteiger partial charge in [-0.15, -0.1) is 34.0 Å². The highest BCUT2D eigenvalue weighted by Crippen LogP contribution is 2.43. The zero-order chi connectivity index (χ0) is 17.1. The third-order valence-corrected chi connectivity index (χ3v) is 7.91. The fourth-order valence-corrected chi connectivity index (χ4v) is 6.50. The molecule has 0 saturated carbocycles. The minimum atomic E-state index is 0.952. The molecular weight excluding hydrogens is 376 g/mol. The molecule has 0 bridgehead atoms. The SMILES string of the molecule is C1=Nc2ccc(-c3cc4sc(-c5ccc6ncsc6c5)cc4s3)cc2C1. The van der Waals surface area contributed by atoms with Crippen LogP contribution in [0.5, 0.6) is 0 Å². The standard InChI is InChI=1S/C21H12N2S3/c1-3-15-12(5-6-22-15)7-13(1)17-9-20-21(25-17)10-18(26-20)14-2-4-16-19(8-14)24-11-23-16/h1-4,6-11H,5H2. The Morgan fingerprint density at radius 1 is 0.769 bits per heavy atom. The summed E-state index contributed by atoms with van der Waals surface area (Å²) >= 11 is 5.45. The van der Waals surface area contributed by atoms with Crippen LogP contribution in [-0.4, -0.2) is 11.2 Å². The van der Waals surface area contributed by atoms with Crippen molar-refractivity contribution < 1.29 is 0 Å². The lowest BCUT2D eigenvalue weighted by Crippen LogP contribution is -1.80. The van der Waals surface area contributed by atoms with E-state index in [1.54, 1.807) is 11.3 Å². The molecule has 5 heteroatoms. The molecule has 3 aromatic heterocycles. The van der Waals surface area contributed by atoms with E-state index in [9.17, 15) is 0 Å². The Kier molecular flexibility index (Phi) is 3.17. The van der Waals surface area contributed by atoms with Crippen LogP contribution in [0.4, 0.5) is 5.69 Å². The van der Waals surface area contributed by atoms with E-state index in [1.807, 2.05) is 34.4 Å². The summed E-state index contributed by atoms with van der Waals surface area (Å²) in [5.74, 6) is 0. The number of thiophene rings is 2. The number of nitrogens with zero attached hydrogens (tertiary/aromatic N) is 2. The van der Waals surface area contributed by atoms with E-state index >= 15 is 0 Å². The summed E-state index contributed by atoms with van der Waals surface area (Å²) in [5.41, 5.74) is 8.03. The number of thiazole rings is 1. The van der Waals surface area contributed by atoms with Gasteiger partial charge in [-0.05, 0) is 53.1 Å². The topological polar surface area (TPSA) is 25.2 Å². The molecule has 1 aliphatic rings. The highest BCUT2D eigenvalue weighted by molar-refractivity contribution is 7.31. The van der Waals surface area contributed by atoms with E-state index < -0.39 is 0 Å². The van der Waals surface area contributed by atoms with Crippen LogP contribution >= 0.6 is 34.0 Å². The maximum atomic E-state index is 4.41. The number of rotatable bonds is 2. The lowest BCUT2D eigenvalue weighted by Gasteiger charge is -2.01. The average molecular weight is 389 g/mol. The fraction of sp³-hybridized carbons (Fsp3) is 0.0476. The van der Waals surface area contributed by atoms with Gasteiger partial charge < -0.3 is 0 Å². The fourth-order valence-electron chi connectivity index (χ4n) is 3.40. The van der Waals surface area contributed by atoms with Crippen molar-refractivity contribution in [2.75, 3.05) is 0 Å². The Balaban J connectivity index is 1.40. The Bertz CT molecular complexity index is 1290. The first kappa shape index (κ1) is 14.8. The second-order valence-corrected chi connectivity index (χ2v) is 9.40. The molecule has 6 rings (SSSR count). The van der Waals surface area contributed by atoms with Crippen LogP contribution in [0.25, 0.3) is 40.5 Å². The van der Waals surface area contributed by atoms with Crippen LogP contribution in [0.3, 0.4) is 0 Å². The van der Waals surface area contributed by atoms with E-state index in [4.69, 9.17) is 0 Å². The van der Waals surface area contributed by atoms with Crippen molar-refractivity contribution >= 4 is 65.5 Å². The number of aliphatic imine (C=N–C) groups is 1. The van der Waals surface area contributed by atoms with Crippen molar-refractivity contribution in [1.29, 1.82) is 0 Å². The van der Waals surface area contributed by atoms with Gasteiger partial charge in [0, 0.05) is 31.8 Å². The zero-order valence-electron chi connectivity index (χ0n) is 13.6. The minimum Gasteiger partial charge on any atom is -0.261 e. The van der Waals surface area contributed by atoms with Crippen molar-refractivity contribution in [3.05, 3.63) is 59.6 Å². The third-order valence-electron chi connectivity index (χ3n) is 4.73. The molecule has 26 heavy (non-hydrogen) atoms. The molecule has 0 saturated heterocycles. The average Bonchev–Trinajstić information content (AvgIpc) is 3.41. The smallest absolute Gasteiger partial charge is 0.0812 e. The molecule has 1 aliphatic heterocycles. The normalized spacial score (nSPS) is 13.1. The summed E-state index contributed by atoms with van der Waals surface area (Å²) in [7, 11) is 0. The molecule has 0 spiro atoms. The molecule has 5 aromatic rings. The van der Waals surface area contributed by atoms with Crippen LogP contribution in [0.2, 0.25) is 0 Å². The van der Waals surface area contributed by atoms with Gasteiger partial charge in [0.1, 0.15) is 0 Å². The number of hydrogen-bond donors (Lipinski definition) is 0. The molecule has 0 N–H and O–H groups in total. The first-order valence-corrected chi connectivity index (χ1v) is 10.9. The Hall–Kier alpha value is -2.34. The summed E-state index contributed by atoms with van der Waals surface area (Å²) in [6.07, 6.45) is 2.95. The lowest BCUT2D eigenvalue weighted by atomic mass is 10.1. The highest BCUT2D eigenvalue weighted by Gasteiger charge is 2.13. The Morgan fingerprint density at radius 3 is 2.38 bits per heavy atom. The van der Waals surface area contributed by atoms with Crippen LogP contribution in [-0.2, 0) is 6.42 Å². The first-order valence-electron chi connectivity index (χ1n) is 8.36. The van der Waals surface area contributed by atoms with E-state index in [0.29, 0.717) is 0 Å². The van der Waals surface area contributed by atoms with Gasteiger partial charge in [0.2, 0.25) is 0 Å². The summed E-state index contributed by atoms with van der Waals surface area (Å²) in [5, 5.41) is 0. The second kappa shape index (κ2) is 5.58. The summed E-state index contributed by atoms with van der Waals surface area (Å²) < 4.78 is 3.97. The molecular formula is C21H12N2S3. The third kappa shape index (κ3) is 2.28. The molecule has 124 valence electrons. The van der Waals surface area contributed by atoms with Crippen LogP contribution in [0.1, 0.15) is 5.56 Å². The summed E-state index contributed by atoms with van der Waals surface area (Å²) in [4.78, 5) is 11.4. The molecule has 0 aliphatic carbocycles. The molecule has 0 fully saturated rings. The maximum absolute atomic E-state index is 4.41. The van der Waals surface area contributed by atoms with Crippen molar-refractivity contribution in [3.63, 3.8) is 0 Å². The van der Waals surface area contributed by atoms with E-state index in [-0.39, 0.29) is 0 Å². The quantitative estimate of drug-likeness (QED) is 0.315. The van der Waals surface area contributed by atoms with E-state index in [1.165, 1.54) is 40.5 Å². The molecule has 2 nitrogen and oxygen atoms in total. The first-order chi connectivity index (χ1) is 12.8. The van der Waals surface area contributed by atoms with Crippen LogP contribution in [0, 0.1) is 0 Å². The van der Waals surface area contributed by atoms with Crippen molar-refractivity contribution in [3.8, 4) is 20.9 Å². The van der Waals surface area contributed by atoms with Crippen LogP contribution in [0.15, 0.2) is 59.0 Å². The van der Waals surface area contributed by atoms with Gasteiger partial charge in [0.25, 0.3) is 0 Å². The molecule has 0 atom stereocenters. The molecule has 0 radical (unpaired) electrons. The van der Waals surface area contributed by atoms with Crippen molar-refractivity contribution in [2.24, 2.45) is 4.99 Å². The predicted molar refractivity (Wildman–Crippen MR) is 116 cm³/mol. The summed E-state index contributed by atoms with van der Waals surface area (Å²) in [6, 6.07) is 17.8. The number of aromatic nitrogens is 1.